The quantitative estimate of drug-likeness (QED) is 0.692. The Morgan fingerprint density at radius 3 is 1.45 bits per heavy atom. The Kier molecular flexibility index (Phi) is 6.33. The van der Waals surface area contributed by atoms with Crippen molar-refractivity contribution in [2.24, 2.45) is 0 Å². The number of nitrogens with zero attached hydrogens (tertiary/aromatic N) is 2. The average Bonchev–Trinajstić information content (AvgIpc) is 2.74. The van der Waals surface area contributed by atoms with Crippen LogP contribution in [-0.4, -0.2) is 58.7 Å². The minimum Gasteiger partial charge on any atom is -0.497 e. The third-order valence-electron chi connectivity index (χ3n) is 5.08. The predicted molar refractivity (Wildman–Crippen MR) is 111 cm³/mol. The fourth-order valence-corrected chi connectivity index (χ4v) is 6.07. The van der Waals surface area contributed by atoms with Crippen LogP contribution in [0.5, 0.6) is 5.75 Å². The first kappa shape index (κ1) is 21.8. The molecule has 0 aliphatic carbocycles. The van der Waals surface area contributed by atoms with E-state index in [1.54, 1.807) is 24.3 Å². The van der Waals surface area contributed by atoms with Crippen molar-refractivity contribution in [1.82, 2.24) is 8.61 Å². The lowest BCUT2D eigenvalue weighted by molar-refractivity contribution is 0.273. The zero-order valence-corrected chi connectivity index (χ0v) is 18.4. The Balaban J connectivity index is 1.71. The first-order chi connectivity index (χ1) is 13.7. The van der Waals surface area contributed by atoms with E-state index in [-0.39, 0.29) is 36.0 Å². The molecule has 0 N–H and O–H groups in total. The number of ether oxygens (including phenoxy) is 1. The molecule has 1 aliphatic heterocycles. The second-order valence-corrected chi connectivity index (χ2v) is 11.1. The maximum absolute atomic E-state index is 12.9. The van der Waals surface area contributed by atoms with Crippen molar-refractivity contribution in [3.8, 4) is 5.75 Å². The first-order valence-corrected chi connectivity index (χ1v) is 12.3. The van der Waals surface area contributed by atoms with Crippen LogP contribution in [-0.2, 0) is 20.0 Å². The van der Waals surface area contributed by atoms with Crippen molar-refractivity contribution in [3.63, 3.8) is 0 Å². The minimum absolute atomic E-state index is 0.109. The topological polar surface area (TPSA) is 84.0 Å². The molecule has 0 atom stereocenters. The van der Waals surface area contributed by atoms with Gasteiger partial charge in [-0.2, -0.15) is 8.61 Å². The molecule has 0 amide bonds. The Morgan fingerprint density at radius 1 is 0.724 bits per heavy atom. The summed E-state index contributed by atoms with van der Waals surface area (Å²) in [6.07, 6.45) is 0. The van der Waals surface area contributed by atoms with Crippen molar-refractivity contribution < 1.29 is 21.6 Å². The summed E-state index contributed by atoms with van der Waals surface area (Å²) in [6.45, 7) is 4.54. The third kappa shape index (κ3) is 4.48. The number of benzene rings is 2. The molecule has 158 valence electrons. The molecule has 0 aromatic heterocycles. The summed E-state index contributed by atoms with van der Waals surface area (Å²) in [5.41, 5.74) is 1.07. The summed E-state index contributed by atoms with van der Waals surface area (Å²) in [6, 6.07) is 13.0. The Hall–Kier alpha value is -1.94. The minimum atomic E-state index is -3.68. The Morgan fingerprint density at radius 2 is 1.10 bits per heavy atom. The fourth-order valence-electron chi connectivity index (χ4n) is 3.22. The molecule has 1 aliphatic rings. The van der Waals surface area contributed by atoms with Crippen molar-refractivity contribution >= 4 is 20.0 Å². The summed E-state index contributed by atoms with van der Waals surface area (Å²) < 4.78 is 59.2. The highest BCUT2D eigenvalue weighted by atomic mass is 32.2. The first-order valence-electron chi connectivity index (χ1n) is 9.40. The lowest BCUT2D eigenvalue weighted by atomic mass is 10.0. The molecule has 1 heterocycles. The van der Waals surface area contributed by atoms with Gasteiger partial charge in [-0.05, 0) is 47.9 Å². The van der Waals surface area contributed by atoms with Crippen LogP contribution in [0, 0.1) is 0 Å². The van der Waals surface area contributed by atoms with Crippen LogP contribution in [0.25, 0.3) is 0 Å². The van der Waals surface area contributed by atoms with Gasteiger partial charge in [0.05, 0.1) is 16.9 Å². The summed E-state index contributed by atoms with van der Waals surface area (Å²) in [5, 5.41) is 0. The molecule has 29 heavy (non-hydrogen) atoms. The number of piperazine rings is 1. The van der Waals surface area contributed by atoms with Gasteiger partial charge in [0.25, 0.3) is 0 Å². The smallest absolute Gasteiger partial charge is 0.243 e. The van der Waals surface area contributed by atoms with Crippen molar-refractivity contribution in [1.29, 1.82) is 0 Å². The van der Waals surface area contributed by atoms with Crippen LogP contribution in [0.1, 0.15) is 25.3 Å². The summed E-state index contributed by atoms with van der Waals surface area (Å²) >= 11 is 0. The number of hydrogen-bond acceptors (Lipinski definition) is 5. The number of sulfonamides is 2. The largest absolute Gasteiger partial charge is 0.497 e. The van der Waals surface area contributed by atoms with E-state index in [0.29, 0.717) is 11.7 Å². The highest BCUT2D eigenvalue weighted by Crippen LogP contribution is 2.24. The summed E-state index contributed by atoms with van der Waals surface area (Å²) in [7, 11) is -5.82. The molecule has 9 heteroatoms. The normalized spacial score (nSPS) is 16.8. The lowest BCUT2D eigenvalue weighted by Crippen LogP contribution is -2.50. The van der Waals surface area contributed by atoms with Gasteiger partial charge < -0.3 is 4.74 Å². The zero-order valence-electron chi connectivity index (χ0n) is 16.8. The summed E-state index contributed by atoms with van der Waals surface area (Å²) in [5.74, 6) is 0.891. The standard InChI is InChI=1S/C20H26N2O5S2/c1-16(2)17-4-8-19(9-5-17)28(23,24)21-12-14-22(15-13-21)29(25,26)20-10-6-18(27-3)7-11-20/h4-11,16H,12-15H2,1-3H3. The number of hydrogen-bond donors (Lipinski definition) is 0. The van der Waals surface area contributed by atoms with Crippen LogP contribution >= 0.6 is 0 Å². The molecule has 1 fully saturated rings. The van der Waals surface area contributed by atoms with Gasteiger partial charge in [-0.15, -0.1) is 0 Å². The third-order valence-corrected chi connectivity index (χ3v) is 8.91. The van der Waals surface area contributed by atoms with Crippen LogP contribution in [0.3, 0.4) is 0 Å². The van der Waals surface area contributed by atoms with Gasteiger partial charge in [0.2, 0.25) is 20.0 Å². The second-order valence-electron chi connectivity index (χ2n) is 7.21. The maximum Gasteiger partial charge on any atom is 0.243 e. The van der Waals surface area contributed by atoms with E-state index >= 15 is 0 Å². The van der Waals surface area contributed by atoms with Gasteiger partial charge in [-0.25, -0.2) is 16.8 Å². The molecule has 0 spiro atoms. The Bertz CT molecular complexity index is 1040. The maximum atomic E-state index is 12.9. The van der Waals surface area contributed by atoms with Crippen molar-refractivity contribution in [2.45, 2.75) is 29.6 Å². The SMILES string of the molecule is COc1ccc(S(=O)(=O)N2CCN(S(=O)(=O)c3ccc(C(C)C)cc3)CC2)cc1. The van der Waals surface area contributed by atoms with Crippen LogP contribution in [0.2, 0.25) is 0 Å². The molecule has 3 rings (SSSR count). The van der Waals surface area contributed by atoms with Gasteiger partial charge in [0.1, 0.15) is 5.75 Å². The van der Waals surface area contributed by atoms with Gasteiger partial charge in [0, 0.05) is 26.2 Å². The van der Waals surface area contributed by atoms with E-state index in [1.165, 1.54) is 27.9 Å². The van der Waals surface area contributed by atoms with E-state index in [4.69, 9.17) is 4.74 Å². The molecular weight excluding hydrogens is 412 g/mol. The van der Waals surface area contributed by atoms with E-state index in [1.807, 2.05) is 26.0 Å². The van der Waals surface area contributed by atoms with Crippen LogP contribution < -0.4 is 4.74 Å². The van der Waals surface area contributed by atoms with E-state index in [9.17, 15) is 16.8 Å². The molecule has 2 aromatic carbocycles. The van der Waals surface area contributed by atoms with Crippen molar-refractivity contribution in [2.75, 3.05) is 33.3 Å². The molecule has 0 radical (unpaired) electrons. The Labute approximate surface area is 173 Å². The van der Waals surface area contributed by atoms with Gasteiger partial charge in [-0.1, -0.05) is 26.0 Å². The predicted octanol–water partition coefficient (Wildman–Crippen LogP) is 2.51. The number of methoxy groups -OCH3 is 1. The second kappa shape index (κ2) is 8.43. The molecule has 0 saturated carbocycles. The van der Waals surface area contributed by atoms with E-state index in [0.717, 1.165) is 5.56 Å². The van der Waals surface area contributed by atoms with Crippen LogP contribution in [0.15, 0.2) is 58.3 Å². The fraction of sp³-hybridized carbons (Fsp3) is 0.400. The highest BCUT2D eigenvalue weighted by molar-refractivity contribution is 7.89. The molecule has 2 aromatic rings. The summed E-state index contributed by atoms with van der Waals surface area (Å²) in [4.78, 5) is 0.396. The lowest BCUT2D eigenvalue weighted by Gasteiger charge is -2.33. The molecular formula is C20H26N2O5S2. The monoisotopic (exact) mass is 438 g/mol. The van der Waals surface area contributed by atoms with E-state index in [2.05, 4.69) is 0 Å². The van der Waals surface area contributed by atoms with Gasteiger partial charge in [-0.3, -0.25) is 0 Å². The van der Waals surface area contributed by atoms with Gasteiger partial charge >= 0.3 is 0 Å². The molecule has 0 bridgehead atoms. The molecule has 1 saturated heterocycles. The van der Waals surface area contributed by atoms with E-state index < -0.39 is 20.0 Å². The highest BCUT2D eigenvalue weighted by Gasteiger charge is 2.33. The zero-order chi connectivity index (χ0) is 21.2. The van der Waals surface area contributed by atoms with Gasteiger partial charge in [0.15, 0.2) is 0 Å². The van der Waals surface area contributed by atoms with Crippen LogP contribution in [0.4, 0.5) is 0 Å². The van der Waals surface area contributed by atoms with Crippen molar-refractivity contribution in [3.05, 3.63) is 54.1 Å². The average molecular weight is 439 g/mol. The molecule has 7 nitrogen and oxygen atoms in total. The number of rotatable bonds is 6. The molecule has 0 unspecified atom stereocenters.